The van der Waals surface area contributed by atoms with E-state index in [0.29, 0.717) is 10.9 Å². The van der Waals surface area contributed by atoms with Crippen LogP contribution in [0.3, 0.4) is 0 Å². The van der Waals surface area contributed by atoms with Crippen LogP contribution in [0.25, 0.3) is 0 Å². The molecule has 0 aliphatic carbocycles. The maximum absolute atomic E-state index is 5.61. The first-order chi connectivity index (χ1) is 6.59. The SMILES string of the molecule is CC(CN1CCCN(C)CC1)C(N)=S. The molecule has 0 aromatic rings. The fraction of sp³-hybridized carbons (Fsp3) is 0.900. The van der Waals surface area contributed by atoms with E-state index in [2.05, 4.69) is 23.8 Å². The van der Waals surface area contributed by atoms with E-state index < -0.39 is 0 Å². The van der Waals surface area contributed by atoms with Crippen LogP contribution in [-0.2, 0) is 0 Å². The quantitative estimate of drug-likeness (QED) is 0.697. The molecule has 1 rings (SSSR count). The largest absolute Gasteiger partial charge is 0.393 e. The third-order valence-electron chi connectivity index (χ3n) is 2.83. The monoisotopic (exact) mass is 215 g/mol. The van der Waals surface area contributed by atoms with Gasteiger partial charge in [-0.25, -0.2) is 0 Å². The number of hydrogen-bond donors (Lipinski definition) is 1. The molecule has 0 spiro atoms. The Morgan fingerprint density at radius 3 is 2.71 bits per heavy atom. The lowest BCUT2D eigenvalue weighted by Gasteiger charge is -2.23. The van der Waals surface area contributed by atoms with Gasteiger partial charge in [-0.15, -0.1) is 0 Å². The molecule has 1 unspecified atom stereocenters. The van der Waals surface area contributed by atoms with Crippen molar-refractivity contribution >= 4 is 17.2 Å². The summed E-state index contributed by atoms with van der Waals surface area (Å²) in [6.07, 6.45) is 1.25. The molecule has 0 bridgehead atoms. The van der Waals surface area contributed by atoms with Crippen LogP contribution in [0.2, 0.25) is 0 Å². The molecule has 0 aromatic heterocycles. The van der Waals surface area contributed by atoms with Crippen molar-refractivity contribution in [3.8, 4) is 0 Å². The highest BCUT2D eigenvalue weighted by Gasteiger charge is 2.15. The second-order valence-corrected chi connectivity index (χ2v) is 4.73. The molecule has 82 valence electrons. The fourth-order valence-corrected chi connectivity index (χ4v) is 1.83. The first-order valence-corrected chi connectivity index (χ1v) is 5.70. The summed E-state index contributed by atoms with van der Waals surface area (Å²) in [6, 6.07) is 0. The predicted molar refractivity (Wildman–Crippen MR) is 64.5 cm³/mol. The Kier molecular flexibility index (Phi) is 4.78. The van der Waals surface area contributed by atoms with Crippen molar-refractivity contribution in [2.24, 2.45) is 11.7 Å². The van der Waals surface area contributed by atoms with E-state index in [1.165, 1.54) is 19.5 Å². The maximum atomic E-state index is 5.61. The second kappa shape index (κ2) is 5.63. The van der Waals surface area contributed by atoms with Gasteiger partial charge in [0.1, 0.15) is 0 Å². The van der Waals surface area contributed by atoms with Gasteiger partial charge in [-0.2, -0.15) is 0 Å². The zero-order valence-electron chi connectivity index (χ0n) is 9.20. The number of nitrogens with zero attached hydrogens (tertiary/aromatic N) is 2. The Hall–Kier alpha value is -0.190. The fourth-order valence-electron chi connectivity index (χ4n) is 1.76. The molecule has 0 aromatic carbocycles. The van der Waals surface area contributed by atoms with Gasteiger partial charge in [0.25, 0.3) is 0 Å². The van der Waals surface area contributed by atoms with Crippen LogP contribution < -0.4 is 5.73 Å². The Morgan fingerprint density at radius 2 is 2.07 bits per heavy atom. The van der Waals surface area contributed by atoms with Crippen molar-refractivity contribution in [1.82, 2.24) is 9.80 Å². The molecular weight excluding hydrogens is 194 g/mol. The van der Waals surface area contributed by atoms with Crippen molar-refractivity contribution < 1.29 is 0 Å². The Morgan fingerprint density at radius 1 is 1.36 bits per heavy atom. The molecule has 1 atom stereocenters. The summed E-state index contributed by atoms with van der Waals surface area (Å²) in [5.74, 6) is 0.341. The normalized spacial score (nSPS) is 23.0. The number of nitrogens with two attached hydrogens (primary N) is 1. The third-order valence-corrected chi connectivity index (χ3v) is 3.23. The summed E-state index contributed by atoms with van der Waals surface area (Å²) in [6.45, 7) is 7.81. The summed E-state index contributed by atoms with van der Waals surface area (Å²) < 4.78 is 0. The standard InChI is InChI=1S/C10H21N3S/c1-9(10(11)14)8-13-5-3-4-12(2)6-7-13/h9H,3-8H2,1-2H3,(H2,11,14). The van der Waals surface area contributed by atoms with E-state index in [1.54, 1.807) is 0 Å². The average Bonchev–Trinajstić information content (AvgIpc) is 2.31. The zero-order chi connectivity index (χ0) is 10.6. The summed E-state index contributed by atoms with van der Waals surface area (Å²) >= 11 is 4.98. The van der Waals surface area contributed by atoms with E-state index in [9.17, 15) is 0 Å². The van der Waals surface area contributed by atoms with Crippen LogP contribution in [0.15, 0.2) is 0 Å². The van der Waals surface area contributed by atoms with Crippen molar-refractivity contribution in [2.45, 2.75) is 13.3 Å². The second-order valence-electron chi connectivity index (χ2n) is 4.26. The van der Waals surface area contributed by atoms with Gasteiger partial charge in [0.2, 0.25) is 0 Å². The van der Waals surface area contributed by atoms with Gasteiger partial charge in [0, 0.05) is 25.6 Å². The van der Waals surface area contributed by atoms with Gasteiger partial charge >= 0.3 is 0 Å². The molecule has 0 amide bonds. The summed E-state index contributed by atoms with van der Waals surface area (Å²) in [4.78, 5) is 5.49. The van der Waals surface area contributed by atoms with Crippen LogP contribution in [0.5, 0.6) is 0 Å². The lowest BCUT2D eigenvalue weighted by Crippen LogP contribution is -2.36. The lowest BCUT2D eigenvalue weighted by atomic mass is 10.1. The molecule has 1 heterocycles. The first kappa shape index (κ1) is 11.9. The first-order valence-electron chi connectivity index (χ1n) is 5.30. The Bertz CT molecular complexity index is 196. The highest BCUT2D eigenvalue weighted by molar-refractivity contribution is 7.80. The minimum Gasteiger partial charge on any atom is -0.393 e. The molecule has 14 heavy (non-hydrogen) atoms. The van der Waals surface area contributed by atoms with Crippen molar-refractivity contribution in [2.75, 3.05) is 39.8 Å². The zero-order valence-corrected chi connectivity index (χ0v) is 10.0. The predicted octanol–water partition coefficient (Wildman–Crippen LogP) is 0.546. The minimum atomic E-state index is 0.341. The van der Waals surface area contributed by atoms with Crippen LogP contribution in [0.1, 0.15) is 13.3 Å². The van der Waals surface area contributed by atoms with E-state index >= 15 is 0 Å². The molecule has 1 fully saturated rings. The molecule has 4 heteroatoms. The Labute approximate surface area is 92.2 Å². The smallest absolute Gasteiger partial charge is 0.0768 e. The maximum Gasteiger partial charge on any atom is 0.0768 e. The molecule has 2 N–H and O–H groups in total. The van der Waals surface area contributed by atoms with Gasteiger partial charge in [-0.3, -0.25) is 0 Å². The van der Waals surface area contributed by atoms with E-state index in [4.69, 9.17) is 18.0 Å². The van der Waals surface area contributed by atoms with E-state index in [0.717, 1.165) is 19.6 Å². The van der Waals surface area contributed by atoms with Crippen LogP contribution >= 0.6 is 12.2 Å². The number of rotatable bonds is 3. The average molecular weight is 215 g/mol. The van der Waals surface area contributed by atoms with Crippen LogP contribution in [0, 0.1) is 5.92 Å². The summed E-state index contributed by atoms with van der Waals surface area (Å²) in [5, 5.41) is 0. The number of hydrogen-bond acceptors (Lipinski definition) is 3. The van der Waals surface area contributed by atoms with E-state index in [-0.39, 0.29) is 0 Å². The minimum absolute atomic E-state index is 0.341. The van der Waals surface area contributed by atoms with Gasteiger partial charge in [-0.05, 0) is 26.6 Å². The molecular formula is C10H21N3S. The molecule has 1 aliphatic heterocycles. The molecule has 0 radical (unpaired) electrons. The van der Waals surface area contributed by atoms with Gasteiger partial charge in [0.05, 0.1) is 4.99 Å². The molecule has 1 saturated heterocycles. The summed E-state index contributed by atoms with van der Waals surface area (Å²) in [7, 11) is 2.18. The molecule has 1 aliphatic rings. The lowest BCUT2D eigenvalue weighted by molar-refractivity contribution is 0.263. The van der Waals surface area contributed by atoms with Gasteiger partial charge in [-0.1, -0.05) is 19.1 Å². The van der Waals surface area contributed by atoms with Gasteiger partial charge in [0.15, 0.2) is 0 Å². The number of thiocarbonyl (C=S) groups is 1. The molecule has 0 saturated carbocycles. The van der Waals surface area contributed by atoms with Crippen molar-refractivity contribution in [3.63, 3.8) is 0 Å². The molecule has 3 nitrogen and oxygen atoms in total. The van der Waals surface area contributed by atoms with Crippen molar-refractivity contribution in [3.05, 3.63) is 0 Å². The van der Waals surface area contributed by atoms with Crippen molar-refractivity contribution in [1.29, 1.82) is 0 Å². The highest BCUT2D eigenvalue weighted by Crippen LogP contribution is 2.05. The topological polar surface area (TPSA) is 32.5 Å². The van der Waals surface area contributed by atoms with Crippen LogP contribution in [-0.4, -0.2) is 54.6 Å². The van der Waals surface area contributed by atoms with Gasteiger partial charge < -0.3 is 15.5 Å². The number of likely N-dealkylation sites (N-methyl/N-ethyl adjacent to an activating group) is 1. The van der Waals surface area contributed by atoms with E-state index in [1.807, 2.05) is 0 Å². The highest BCUT2D eigenvalue weighted by atomic mass is 32.1. The summed E-state index contributed by atoms with van der Waals surface area (Å²) in [5.41, 5.74) is 5.61. The Balaban J connectivity index is 2.33. The third kappa shape index (κ3) is 3.90. The van der Waals surface area contributed by atoms with Crippen LogP contribution in [0.4, 0.5) is 0 Å².